The van der Waals surface area contributed by atoms with Crippen LogP contribution in [0.15, 0.2) is 18.2 Å². The molecule has 2 N–H and O–H groups in total. The van der Waals surface area contributed by atoms with Crippen LogP contribution in [0.25, 0.3) is 0 Å². The van der Waals surface area contributed by atoms with Crippen LogP contribution in [0.3, 0.4) is 0 Å². The number of carbonyl (C=O) groups excluding carboxylic acids is 1. The number of hydrogen-bond acceptors (Lipinski definition) is 4. The molecule has 116 valence electrons. The van der Waals surface area contributed by atoms with E-state index in [-0.39, 0.29) is 17.4 Å². The summed E-state index contributed by atoms with van der Waals surface area (Å²) in [6.45, 7) is 1.58. The number of nitrogens with zero attached hydrogens (tertiary/aromatic N) is 1. The Bertz CT molecular complexity index is 523. The van der Waals surface area contributed by atoms with Gasteiger partial charge in [-0.25, -0.2) is 4.79 Å². The number of carbonyl (C=O) groups is 1. The van der Waals surface area contributed by atoms with Crippen molar-refractivity contribution in [3.05, 3.63) is 29.3 Å². The SMILES string of the molecule is CN1CCC(OC(=O)c2cc(C(F)(F)F)ccc2N)CC1. The van der Waals surface area contributed by atoms with Gasteiger partial charge in [0.1, 0.15) is 6.10 Å². The predicted octanol–water partition coefficient (Wildman–Crippen LogP) is 2.54. The molecule has 21 heavy (non-hydrogen) atoms. The molecule has 0 bridgehead atoms. The molecule has 7 heteroatoms. The summed E-state index contributed by atoms with van der Waals surface area (Å²) in [6, 6.07) is 2.67. The van der Waals surface area contributed by atoms with Gasteiger partial charge >= 0.3 is 12.1 Å². The zero-order valence-corrected chi connectivity index (χ0v) is 11.6. The maximum Gasteiger partial charge on any atom is 0.416 e. The van der Waals surface area contributed by atoms with E-state index in [1.54, 1.807) is 0 Å². The summed E-state index contributed by atoms with van der Waals surface area (Å²) in [7, 11) is 1.96. The van der Waals surface area contributed by atoms with Gasteiger partial charge in [-0.05, 0) is 38.1 Å². The molecule has 2 rings (SSSR count). The number of esters is 1. The van der Waals surface area contributed by atoms with E-state index < -0.39 is 17.7 Å². The Labute approximate surface area is 120 Å². The van der Waals surface area contributed by atoms with Gasteiger partial charge in [0.2, 0.25) is 0 Å². The van der Waals surface area contributed by atoms with Crippen LogP contribution in [0.4, 0.5) is 18.9 Å². The molecule has 0 unspecified atom stereocenters. The van der Waals surface area contributed by atoms with Gasteiger partial charge in [-0.1, -0.05) is 0 Å². The Hall–Kier alpha value is -1.76. The summed E-state index contributed by atoms with van der Waals surface area (Å²) in [6.07, 6.45) is -3.46. The van der Waals surface area contributed by atoms with Crippen molar-refractivity contribution in [2.24, 2.45) is 0 Å². The summed E-state index contributed by atoms with van der Waals surface area (Å²) in [5, 5.41) is 0. The molecule has 4 nitrogen and oxygen atoms in total. The van der Waals surface area contributed by atoms with E-state index in [1.165, 1.54) is 0 Å². The number of hydrogen-bond donors (Lipinski definition) is 1. The first-order valence-corrected chi connectivity index (χ1v) is 6.63. The standard InChI is InChI=1S/C14H17F3N2O2/c1-19-6-4-10(5-7-19)21-13(20)11-8-9(14(15,16)17)2-3-12(11)18/h2-3,8,10H,4-7,18H2,1H3. The predicted molar refractivity (Wildman–Crippen MR) is 71.8 cm³/mol. The molecule has 0 amide bonds. The first kappa shape index (κ1) is 15.6. The van der Waals surface area contributed by atoms with Gasteiger partial charge in [-0.3, -0.25) is 0 Å². The van der Waals surface area contributed by atoms with Crippen molar-refractivity contribution in [1.82, 2.24) is 4.90 Å². The number of nitrogens with two attached hydrogens (primary N) is 1. The lowest BCUT2D eigenvalue weighted by Gasteiger charge is -2.28. The Morgan fingerprint density at radius 1 is 1.33 bits per heavy atom. The molecule has 1 aliphatic heterocycles. The van der Waals surface area contributed by atoms with E-state index in [4.69, 9.17) is 10.5 Å². The molecule has 1 saturated heterocycles. The molecule has 1 aromatic carbocycles. The van der Waals surface area contributed by atoms with Crippen molar-refractivity contribution in [2.75, 3.05) is 25.9 Å². The smallest absolute Gasteiger partial charge is 0.416 e. The van der Waals surface area contributed by atoms with Gasteiger partial charge in [0.05, 0.1) is 11.1 Å². The normalized spacial score (nSPS) is 17.7. The summed E-state index contributed by atoms with van der Waals surface area (Å²) in [5.74, 6) is -0.798. The quantitative estimate of drug-likeness (QED) is 0.674. The zero-order valence-electron chi connectivity index (χ0n) is 11.6. The third-order valence-electron chi connectivity index (χ3n) is 3.54. The van der Waals surface area contributed by atoms with Crippen molar-refractivity contribution in [2.45, 2.75) is 25.1 Å². The molecule has 1 aliphatic rings. The minimum absolute atomic E-state index is 0.0130. The first-order chi connectivity index (χ1) is 9.77. The van der Waals surface area contributed by atoms with Gasteiger partial charge in [0.15, 0.2) is 0 Å². The largest absolute Gasteiger partial charge is 0.459 e. The maximum absolute atomic E-state index is 12.7. The van der Waals surface area contributed by atoms with Crippen molar-refractivity contribution in [3.8, 4) is 0 Å². The number of nitrogen functional groups attached to an aromatic ring is 1. The number of ether oxygens (including phenoxy) is 1. The van der Waals surface area contributed by atoms with E-state index >= 15 is 0 Å². The zero-order chi connectivity index (χ0) is 15.6. The van der Waals surface area contributed by atoms with Crippen LogP contribution in [-0.4, -0.2) is 37.1 Å². The van der Waals surface area contributed by atoms with Gasteiger partial charge in [-0.2, -0.15) is 13.2 Å². The average molecular weight is 302 g/mol. The average Bonchev–Trinajstić information content (AvgIpc) is 2.40. The Balaban J connectivity index is 2.11. The number of piperidine rings is 1. The van der Waals surface area contributed by atoms with Crippen molar-refractivity contribution >= 4 is 11.7 Å². The summed E-state index contributed by atoms with van der Waals surface area (Å²) < 4.78 is 43.3. The summed E-state index contributed by atoms with van der Waals surface area (Å²) in [5.41, 5.74) is 4.43. The van der Waals surface area contributed by atoms with E-state index in [0.717, 1.165) is 31.3 Å². The van der Waals surface area contributed by atoms with Crippen molar-refractivity contribution in [3.63, 3.8) is 0 Å². The molecular weight excluding hydrogens is 285 g/mol. The van der Waals surface area contributed by atoms with Crippen LogP contribution in [0, 0.1) is 0 Å². The third-order valence-corrected chi connectivity index (χ3v) is 3.54. The van der Waals surface area contributed by atoms with Crippen LogP contribution < -0.4 is 5.73 Å². The lowest BCUT2D eigenvalue weighted by Crippen LogP contribution is -2.35. The van der Waals surface area contributed by atoms with Gasteiger partial charge in [-0.15, -0.1) is 0 Å². The van der Waals surface area contributed by atoms with E-state index in [9.17, 15) is 18.0 Å². The highest BCUT2D eigenvalue weighted by Gasteiger charge is 2.32. The number of benzene rings is 1. The molecule has 0 aliphatic carbocycles. The molecule has 0 radical (unpaired) electrons. The number of halogens is 3. The summed E-state index contributed by atoms with van der Waals surface area (Å²) >= 11 is 0. The molecule has 0 atom stereocenters. The van der Waals surface area contributed by atoms with Crippen LogP contribution in [-0.2, 0) is 10.9 Å². The highest BCUT2D eigenvalue weighted by Crippen LogP contribution is 2.31. The topological polar surface area (TPSA) is 55.6 Å². The Morgan fingerprint density at radius 3 is 2.52 bits per heavy atom. The lowest BCUT2D eigenvalue weighted by molar-refractivity contribution is -0.137. The number of rotatable bonds is 2. The Kier molecular flexibility index (Phi) is 4.41. The van der Waals surface area contributed by atoms with Crippen LogP contribution in [0.1, 0.15) is 28.8 Å². The fraction of sp³-hybridized carbons (Fsp3) is 0.500. The fourth-order valence-corrected chi connectivity index (χ4v) is 2.23. The molecule has 0 saturated carbocycles. The molecular formula is C14H17F3N2O2. The number of alkyl halides is 3. The van der Waals surface area contributed by atoms with Gasteiger partial charge in [0, 0.05) is 18.8 Å². The molecule has 1 fully saturated rings. The van der Waals surface area contributed by atoms with Crippen LogP contribution in [0.2, 0.25) is 0 Å². The lowest BCUT2D eigenvalue weighted by atomic mass is 10.1. The van der Waals surface area contributed by atoms with Gasteiger partial charge < -0.3 is 15.4 Å². The summed E-state index contributed by atoms with van der Waals surface area (Å²) in [4.78, 5) is 14.1. The van der Waals surface area contributed by atoms with Crippen LogP contribution in [0.5, 0.6) is 0 Å². The molecule has 0 spiro atoms. The van der Waals surface area contributed by atoms with E-state index in [1.807, 2.05) is 7.05 Å². The second-order valence-electron chi connectivity index (χ2n) is 5.21. The second kappa shape index (κ2) is 5.93. The van der Waals surface area contributed by atoms with E-state index in [2.05, 4.69) is 4.90 Å². The monoisotopic (exact) mass is 302 g/mol. The molecule has 1 aromatic rings. The maximum atomic E-state index is 12.7. The molecule has 1 heterocycles. The highest BCUT2D eigenvalue weighted by molar-refractivity contribution is 5.95. The Morgan fingerprint density at radius 2 is 1.95 bits per heavy atom. The number of anilines is 1. The second-order valence-corrected chi connectivity index (χ2v) is 5.21. The van der Waals surface area contributed by atoms with Gasteiger partial charge in [0.25, 0.3) is 0 Å². The van der Waals surface area contributed by atoms with Crippen LogP contribution >= 0.6 is 0 Å². The van der Waals surface area contributed by atoms with Crippen molar-refractivity contribution in [1.29, 1.82) is 0 Å². The first-order valence-electron chi connectivity index (χ1n) is 6.63. The van der Waals surface area contributed by atoms with E-state index in [0.29, 0.717) is 12.8 Å². The minimum Gasteiger partial charge on any atom is -0.459 e. The van der Waals surface area contributed by atoms with Crippen molar-refractivity contribution < 1.29 is 22.7 Å². The minimum atomic E-state index is -4.52. The fourth-order valence-electron chi connectivity index (χ4n) is 2.23. The third kappa shape index (κ3) is 3.87. The molecule has 0 aromatic heterocycles. The highest BCUT2D eigenvalue weighted by atomic mass is 19.4. The number of likely N-dealkylation sites (tertiary alicyclic amines) is 1.